The lowest BCUT2D eigenvalue weighted by molar-refractivity contribution is 0.174. The van der Waals surface area contributed by atoms with Crippen molar-refractivity contribution < 1.29 is 9.47 Å². The van der Waals surface area contributed by atoms with E-state index in [1.54, 1.807) is 6.20 Å². The van der Waals surface area contributed by atoms with E-state index in [9.17, 15) is 0 Å². The van der Waals surface area contributed by atoms with E-state index in [-0.39, 0.29) is 6.79 Å². The van der Waals surface area contributed by atoms with Gasteiger partial charge in [-0.2, -0.15) is 5.10 Å². The van der Waals surface area contributed by atoms with Gasteiger partial charge in [0.05, 0.1) is 16.9 Å². The van der Waals surface area contributed by atoms with Gasteiger partial charge in [-0.15, -0.1) is 0 Å². The second-order valence-corrected chi connectivity index (χ2v) is 7.29. The highest BCUT2D eigenvalue weighted by molar-refractivity contribution is 5.98. The maximum Gasteiger partial charge on any atom is 0.231 e. The van der Waals surface area contributed by atoms with Gasteiger partial charge in [0.2, 0.25) is 6.79 Å². The molecule has 144 valence electrons. The maximum absolute atomic E-state index is 5.59. The Bertz CT molecular complexity index is 1200. The third kappa shape index (κ3) is 2.82. The number of aryl methyl sites for hydroxylation is 1. The van der Waals surface area contributed by atoms with E-state index >= 15 is 0 Å². The van der Waals surface area contributed by atoms with Crippen LogP contribution in [0.2, 0.25) is 0 Å². The number of ether oxygens (including phenoxy) is 2. The average molecular weight is 385 g/mol. The van der Waals surface area contributed by atoms with Crippen molar-refractivity contribution in [3.05, 3.63) is 54.5 Å². The molecule has 7 nitrogen and oxygen atoms in total. The van der Waals surface area contributed by atoms with Crippen LogP contribution in [0, 0.1) is 0 Å². The highest BCUT2D eigenvalue weighted by atomic mass is 16.7. The summed E-state index contributed by atoms with van der Waals surface area (Å²) < 4.78 is 13.3. The van der Waals surface area contributed by atoms with Crippen molar-refractivity contribution in [1.82, 2.24) is 25.1 Å². The summed E-state index contributed by atoms with van der Waals surface area (Å²) in [5.41, 5.74) is 5.85. The van der Waals surface area contributed by atoms with E-state index in [0.717, 1.165) is 71.0 Å². The molecular weight excluding hydrogens is 366 g/mol. The standard InChI is InChI=1S/C22H19N5O2/c1-3-14(11-23-4-1)16-8-19(20-7-15-12-24-5-2-6-27(15)26-20)25-18-10-22-21(9-17(16)18)28-13-29-22/h1,3-4,7-11,24H,2,5-6,12-13H2. The largest absolute Gasteiger partial charge is 0.454 e. The molecule has 0 saturated heterocycles. The molecule has 4 aromatic rings. The highest BCUT2D eigenvalue weighted by Gasteiger charge is 2.20. The van der Waals surface area contributed by atoms with E-state index in [0.29, 0.717) is 0 Å². The van der Waals surface area contributed by atoms with Crippen LogP contribution in [0.5, 0.6) is 11.5 Å². The SMILES string of the molecule is c1cncc(-c2cc(-c3cc4n(n3)CCCNC4)nc3cc4c(cc23)OCO4)c1. The quantitative estimate of drug-likeness (QED) is 0.570. The number of nitrogens with zero attached hydrogens (tertiary/aromatic N) is 4. The van der Waals surface area contributed by atoms with Crippen molar-refractivity contribution >= 4 is 10.9 Å². The molecule has 0 radical (unpaired) electrons. The van der Waals surface area contributed by atoms with E-state index in [1.165, 1.54) is 5.69 Å². The molecule has 1 aromatic carbocycles. The summed E-state index contributed by atoms with van der Waals surface area (Å²) in [6, 6.07) is 12.2. The molecule has 0 unspecified atom stereocenters. The Morgan fingerprint density at radius 2 is 1.97 bits per heavy atom. The molecule has 7 heteroatoms. The fourth-order valence-corrected chi connectivity index (χ4v) is 3.99. The minimum atomic E-state index is 0.238. The molecular formula is C22H19N5O2. The third-order valence-corrected chi connectivity index (χ3v) is 5.43. The number of aromatic nitrogens is 4. The summed E-state index contributed by atoms with van der Waals surface area (Å²) >= 11 is 0. The molecule has 0 fully saturated rings. The Hall–Kier alpha value is -3.45. The zero-order valence-corrected chi connectivity index (χ0v) is 15.8. The van der Waals surface area contributed by atoms with Crippen LogP contribution in [-0.4, -0.2) is 33.1 Å². The van der Waals surface area contributed by atoms with Gasteiger partial charge in [0.25, 0.3) is 0 Å². The van der Waals surface area contributed by atoms with Gasteiger partial charge >= 0.3 is 0 Å². The molecule has 0 aliphatic carbocycles. The topological polar surface area (TPSA) is 74.1 Å². The van der Waals surface area contributed by atoms with Crippen molar-refractivity contribution in [3.8, 4) is 34.0 Å². The van der Waals surface area contributed by atoms with E-state index < -0.39 is 0 Å². The van der Waals surface area contributed by atoms with Gasteiger partial charge in [-0.25, -0.2) is 4.98 Å². The summed E-state index contributed by atoms with van der Waals surface area (Å²) in [4.78, 5) is 9.23. The normalized spacial score (nSPS) is 15.3. The monoisotopic (exact) mass is 385 g/mol. The van der Waals surface area contributed by atoms with Crippen molar-refractivity contribution in [2.75, 3.05) is 13.3 Å². The van der Waals surface area contributed by atoms with Crippen LogP contribution in [0.15, 0.2) is 48.8 Å². The summed E-state index contributed by atoms with van der Waals surface area (Å²) in [5.74, 6) is 1.47. The number of hydrogen-bond acceptors (Lipinski definition) is 6. The van der Waals surface area contributed by atoms with Crippen LogP contribution >= 0.6 is 0 Å². The fourth-order valence-electron chi connectivity index (χ4n) is 3.99. The molecule has 5 heterocycles. The lowest BCUT2D eigenvalue weighted by Gasteiger charge is -2.10. The maximum atomic E-state index is 5.59. The van der Waals surface area contributed by atoms with Crippen molar-refractivity contribution in [3.63, 3.8) is 0 Å². The van der Waals surface area contributed by atoms with Gasteiger partial charge in [0.1, 0.15) is 5.69 Å². The molecule has 0 atom stereocenters. The Kier molecular flexibility index (Phi) is 3.73. The second kappa shape index (κ2) is 6.56. The Balaban J connectivity index is 1.57. The molecule has 0 saturated carbocycles. The predicted molar refractivity (Wildman–Crippen MR) is 109 cm³/mol. The second-order valence-electron chi connectivity index (χ2n) is 7.29. The molecule has 6 rings (SSSR count). The van der Waals surface area contributed by atoms with Gasteiger partial charge in [-0.1, -0.05) is 6.07 Å². The van der Waals surface area contributed by atoms with Crippen molar-refractivity contribution in [2.24, 2.45) is 0 Å². The first-order valence-corrected chi connectivity index (χ1v) is 9.78. The molecule has 1 N–H and O–H groups in total. The zero-order valence-electron chi connectivity index (χ0n) is 15.8. The number of hydrogen-bond donors (Lipinski definition) is 1. The Labute approximate surface area is 167 Å². The van der Waals surface area contributed by atoms with E-state index in [1.807, 2.05) is 24.4 Å². The number of benzene rings is 1. The molecule has 3 aromatic heterocycles. The number of rotatable bonds is 2. The van der Waals surface area contributed by atoms with Crippen molar-refractivity contribution in [1.29, 1.82) is 0 Å². The average Bonchev–Trinajstić information content (AvgIpc) is 3.33. The van der Waals surface area contributed by atoms with Crippen molar-refractivity contribution in [2.45, 2.75) is 19.5 Å². The number of nitrogens with one attached hydrogen (secondary N) is 1. The summed E-state index contributed by atoms with van der Waals surface area (Å²) in [5, 5.41) is 9.29. The first-order valence-electron chi connectivity index (χ1n) is 9.78. The molecule has 2 aliphatic heterocycles. The molecule has 0 bridgehead atoms. The Morgan fingerprint density at radius 1 is 1.03 bits per heavy atom. The lowest BCUT2D eigenvalue weighted by Crippen LogP contribution is -2.11. The minimum absolute atomic E-state index is 0.238. The van der Waals surface area contributed by atoms with Gasteiger partial charge in [0.15, 0.2) is 11.5 Å². The first kappa shape index (κ1) is 16.5. The molecule has 29 heavy (non-hydrogen) atoms. The van der Waals surface area contributed by atoms with Gasteiger partial charge in [0, 0.05) is 42.5 Å². The van der Waals surface area contributed by atoms with E-state index in [2.05, 4.69) is 33.2 Å². The Morgan fingerprint density at radius 3 is 2.86 bits per heavy atom. The minimum Gasteiger partial charge on any atom is -0.454 e. The molecule has 2 aliphatic rings. The number of fused-ring (bicyclic) bond motifs is 3. The van der Waals surface area contributed by atoms with Crippen LogP contribution in [0.25, 0.3) is 33.4 Å². The summed E-state index contributed by atoms with van der Waals surface area (Å²) in [7, 11) is 0. The summed E-state index contributed by atoms with van der Waals surface area (Å²) in [6.45, 7) is 3.01. The highest BCUT2D eigenvalue weighted by Crippen LogP contribution is 2.40. The third-order valence-electron chi connectivity index (χ3n) is 5.43. The predicted octanol–water partition coefficient (Wildman–Crippen LogP) is 3.38. The van der Waals surface area contributed by atoms with E-state index in [4.69, 9.17) is 19.6 Å². The van der Waals surface area contributed by atoms with Crippen LogP contribution < -0.4 is 14.8 Å². The molecule has 0 amide bonds. The van der Waals surface area contributed by atoms with Crippen LogP contribution in [0.3, 0.4) is 0 Å². The van der Waals surface area contributed by atoms with Gasteiger partial charge in [-0.3, -0.25) is 9.67 Å². The lowest BCUT2D eigenvalue weighted by atomic mass is 10.0. The first-order chi connectivity index (χ1) is 14.3. The summed E-state index contributed by atoms with van der Waals surface area (Å²) in [6.07, 6.45) is 4.72. The smallest absolute Gasteiger partial charge is 0.231 e. The molecule has 0 spiro atoms. The van der Waals surface area contributed by atoms with Gasteiger partial charge in [-0.05, 0) is 42.8 Å². The van der Waals surface area contributed by atoms with Crippen LogP contribution in [0.1, 0.15) is 12.1 Å². The number of pyridine rings is 2. The van der Waals surface area contributed by atoms with Crippen LogP contribution in [-0.2, 0) is 13.1 Å². The zero-order chi connectivity index (χ0) is 19.2. The fraction of sp³-hybridized carbons (Fsp3) is 0.227. The van der Waals surface area contributed by atoms with Crippen LogP contribution in [0.4, 0.5) is 0 Å². The van der Waals surface area contributed by atoms with Gasteiger partial charge < -0.3 is 14.8 Å².